The summed E-state index contributed by atoms with van der Waals surface area (Å²) in [6, 6.07) is -0.467. The number of urea groups is 1. The third kappa shape index (κ3) is 11.2. The van der Waals surface area contributed by atoms with Gasteiger partial charge in [-0.25, -0.2) is 4.79 Å². The number of methoxy groups -OCH3 is 5. The van der Waals surface area contributed by atoms with E-state index in [2.05, 4.69) is 5.32 Å². The van der Waals surface area contributed by atoms with E-state index in [1.165, 1.54) is 35.5 Å². The van der Waals surface area contributed by atoms with Gasteiger partial charge in [0, 0.05) is 95.1 Å². The van der Waals surface area contributed by atoms with Gasteiger partial charge in [-0.3, -0.25) is 0 Å². The van der Waals surface area contributed by atoms with Crippen molar-refractivity contribution in [1.29, 1.82) is 0 Å². The molecular weight excluding hydrogens is 564 g/mol. The van der Waals surface area contributed by atoms with Crippen molar-refractivity contribution in [2.75, 3.05) is 76.2 Å². The fourth-order valence-electron chi connectivity index (χ4n) is 4.43. The highest BCUT2D eigenvalue weighted by molar-refractivity contribution is 6.67. The number of nitrogens with one attached hydrogen (secondary N) is 1. The van der Waals surface area contributed by atoms with Crippen molar-refractivity contribution in [3.63, 3.8) is 0 Å². The molecule has 0 saturated carbocycles. The minimum atomic E-state index is -3.91. The molecule has 3 N–H and O–H groups in total. The van der Waals surface area contributed by atoms with E-state index in [9.17, 15) is 4.79 Å². The normalized spacial score (nSPS) is 15.2. The maximum atomic E-state index is 12.6. The summed E-state index contributed by atoms with van der Waals surface area (Å²) in [5, 5.41) is 1.13. The molecule has 16 heteroatoms. The van der Waals surface area contributed by atoms with E-state index < -0.39 is 35.0 Å². The highest BCUT2D eigenvalue weighted by atomic mass is 28.4. The van der Waals surface area contributed by atoms with Crippen LogP contribution in [0, 0.1) is 0 Å². The van der Waals surface area contributed by atoms with Gasteiger partial charge in [0.15, 0.2) is 0 Å². The average molecular weight is 619 g/mol. The Kier molecular flexibility index (Phi) is 19.8. The molecule has 0 radical (unpaired) electrons. The number of nitrogens with two attached hydrogens (primary N) is 1. The highest BCUT2D eigenvalue weighted by Gasteiger charge is 2.67. The largest absolute Gasteiger partial charge is 0.555 e. The summed E-state index contributed by atoms with van der Waals surface area (Å²) in [7, 11) is 3.31. The number of rotatable bonds is 26. The molecule has 2 atom stereocenters. The second kappa shape index (κ2) is 20.2. The lowest BCUT2D eigenvalue weighted by Crippen LogP contribution is -2.77. The summed E-state index contributed by atoms with van der Waals surface area (Å²) in [5.74, 6) is -1.23. The standard InChI is InChI=1S/C24H54N2O12Si2/c1-11-35-40(36-12-2,37-13-3)23(26-22(25)27,38-39(33-9,34-10)20-14-19-28-4)17-15-21(29-5)16-18-24(30-6,31-7)32-8/h21H,11-20H2,1-10H3,(H3,25,26,27). The van der Waals surface area contributed by atoms with Crippen LogP contribution in [0.5, 0.6) is 0 Å². The zero-order valence-electron chi connectivity index (χ0n) is 26.1. The van der Waals surface area contributed by atoms with Crippen LogP contribution in [0.3, 0.4) is 0 Å². The second-order valence-electron chi connectivity index (χ2n) is 8.69. The van der Waals surface area contributed by atoms with Crippen molar-refractivity contribution in [2.24, 2.45) is 5.73 Å². The molecule has 0 saturated heterocycles. The molecule has 0 aliphatic carbocycles. The Bertz CT molecular complexity index is 648. The lowest BCUT2D eigenvalue weighted by atomic mass is 10.1. The number of carbonyl (C=O) groups is 1. The van der Waals surface area contributed by atoms with Crippen molar-refractivity contribution in [3.05, 3.63) is 0 Å². The second-order valence-corrected chi connectivity index (χ2v) is 14.4. The first-order valence-corrected chi connectivity index (χ1v) is 17.2. The SMILES string of the molecule is CCO[Si](OCC)(OCC)C(CCC(CCC(OC)(OC)OC)OC)(NC(N)=O)O[Si](CCCOC)(OC)OC. The molecule has 0 aliphatic heterocycles. The zero-order chi connectivity index (χ0) is 30.7. The van der Waals surface area contributed by atoms with Crippen LogP contribution >= 0.6 is 0 Å². The van der Waals surface area contributed by atoms with Crippen LogP contribution in [0.1, 0.15) is 52.9 Å². The smallest absolute Gasteiger partial charge is 0.385 e. The molecule has 0 fully saturated rings. The van der Waals surface area contributed by atoms with Gasteiger partial charge in [0.25, 0.3) is 5.97 Å². The minimum absolute atomic E-state index is 0.131. The Morgan fingerprint density at radius 1 is 0.825 bits per heavy atom. The lowest BCUT2D eigenvalue weighted by Gasteiger charge is -2.48. The molecule has 0 rings (SSSR count). The number of amides is 2. The van der Waals surface area contributed by atoms with Crippen LogP contribution in [0.2, 0.25) is 6.04 Å². The summed E-state index contributed by atoms with van der Waals surface area (Å²) in [4.78, 5) is 12.6. The van der Waals surface area contributed by atoms with E-state index in [1.54, 1.807) is 14.2 Å². The van der Waals surface area contributed by atoms with E-state index in [4.69, 9.17) is 56.0 Å². The van der Waals surface area contributed by atoms with E-state index in [-0.39, 0.29) is 32.3 Å². The molecule has 0 aromatic heterocycles. The van der Waals surface area contributed by atoms with Crippen LogP contribution < -0.4 is 11.1 Å². The van der Waals surface area contributed by atoms with Crippen LogP contribution in [0.4, 0.5) is 4.79 Å². The Morgan fingerprint density at radius 3 is 1.70 bits per heavy atom. The molecule has 40 heavy (non-hydrogen) atoms. The monoisotopic (exact) mass is 618 g/mol. The van der Waals surface area contributed by atoms with Gasteiger partial charge in [0.1, 0.15) is 0 Å². The van der Waals surface area contributed by atoms with Crippen molar-refractivity contribution < 1.29 is 55.0 Å². The van der Waals surface area contributed by atoms with E-state index in [0.717, 1.165) is 0 Å². The molecule has 0 bridgehead atoms. The first-order valence-electron chi connectivity index (χ1n) is 13.5. The Labute approximate surface area is 242 Å². The maximum absolute atomic E-state index is 12.6. The Morgan fingerprint density at radius 2 is 1.32 bits per heavy atom. The summed E-state index contributed by atoms with van der Waals surface area (Å²) < 4.78 is 64.7. The third-order valence-electron chi connectivity index (χ3n) is 6.46. The number of hydrogen-bond acceptors (Lipinski definition) is 12. The zero-order valence-corrected chi connectivity index (χ0v) is 28.1. The van der Waals surface area contributed by atoms with Crippen molar-refractivity contribution >= 4 is 23.6 Å². The third-order valence-corrected chi connectivity index (χ3v) is 13.0. The van der Waals surface area contributed by atoms with Gasteiger partial charge in [-0.15, -0.1) is 0 Å². The first-order chi connectivity index (χ1) is 19.1. The molecule has 2 unspecified atom stereocenters. The molecule has 2 amide bonds. The summed E-state index contributed by atoms with van der Waals surface area (Å²) in [5.41, 5.74) is 5.75. The molecule has 0 heterocycles. The molecular formula is C24H54N2O12Si2. The van der Waals surface area contributed by atoms with Gasteiger partial charge in [0.2, 0.25) is 5.35 Å². The fourth-order valence-corrected chi connectivity index (χ4v) is 10.3. The molecule has 14 nitrogen and oxygen atoms in total. The number of hydrogen-bond donors (Lipinski definition) is 2. The molecule has 0 aromatic rings. The van der Waals surface area contributed by atoms with Crippen LogP contribution in [0.15, 0.2) is 0 Å². The van der Waals surface area contributed by atoms with Gasteiger partial charge in [0.05, 0.1) is 6.10 Å². The van der Waals surface area contributed by atoms with Gasteiger partial charge in [-0.1, -0.05) is 0 Å². The van der Waals surface area contributed by atoms with Crippen LogP contribution in [-0.2, 0) is 50.2 Å². The number of carbonyl (C=O) groups excluding carboxylic acids is 1. The fraction of sp³-hybridized carbons (Fsp3) is 0.958. The molecule has 0 spiro atoms. The summed E-state index contributed by atoms with van der Waals surface area (Å²) >= 11 is 0. The van der Waals surface area contributed by atoms with E-state index >= 15 is 0 Å². The minimum Gasteiger partial charge on any atom is -0.385 e. The summed E-state index contributed by atoms with van der Waals surface area (Å²) in [6.07, 6.45) is 1.58. The van der Waals surface area contributed by atoms with Gasteiger partial charge < -0.3 is 61.3 Å². The van der Waals surface area contributed by atoms with Gasteiger partial charge in [-0.2, -0.15) is 0 Å². The van der Waals surface area contributed by atoms with E-state index in [0.29, 0.717) is 38.3 Å². The highest BCUT2D eigenvalue weighted by Crippen LogP contribution is 2.37. The van der Waals surface area contributed by atoms with Gasteiger partial charge >= 0.3 is 23.6 Å². The average Bonchev–Trinajstić information content (AvgIpc) is 2.94. The van der Waals surface area contributed by atoms with Crippen LogP contribution in [0.25, 0.3) is 0 Å². The van der Waals surface area contributed by atoms with Crippen molar-refractivity contribution in [1.82, 2.24) is 5.32 Å². The first kappa shape index (κ1) is 39.3. The van der Waals surface area contributed by atoms with Crippen molar-refractivity contribution in [2.45, 2.75) is 76.3 Å². The van der Waals surface area contributed by atoms with Crippen LogP contribution in [-0.4, -0.2) is 117 Å². The quantitative estimate of drug-likeness (QED) is 0.0830. The maximum Gasteiger partial charge on any atom is 0.555 e. The molecule has 0 aliphatic rings. The predicted octanol–water partition coefficient (Wildman–Crippen LogP) is 2.39. The molecule has 240 valence electrons. The van der Waals surface area contributed by atoms with Crippen molar-refractivity contribution in [3.8, 4) is 0 Å². The Hall–Kier alpha value is -0.736. The topological polar surface area (TPSA) is 157 Å². The predicted molar refractivity (Wildman–Crippen MR) is 151 cm³/mol. The summed E-state index contributed by atoms with van der Waals surface area (Å²) in [6.45, 7) is 6.55. The number of primary amides is 1. The number of ether oxygens (including phenoxy) is 5. The van der Waals surface area contributed by atoms with Gasteiger partial charge in [-0.05, 0) is 40.0 Å². The molecule has 0 aromatic carbocycles. The Balaban J connectivity index is 6.77. The lowest BCUT2D eigenvalue weighted by molar-refractivity contribution is -0.356. The van der Waals surface area contributed by atoms with E-state index in [1.807, 2.05) is 20.8 Å².